The summed E-state index contributed by atoms with van der Waals surface area (Å²) < 4.78 is 7.89. The highest BCUT2D eigenvalue weighted by Gasteiger charge is 2.38. The van der Waals surface area contributed by atoms with E-state index in [1.807, 2.05) is 68.6 Å². The third kappa shape index (κ3) is 4.11. The van der Waals surface area contributed by atoms with Crippen molar-refractivity contribution in [2.45, 2.75) is 64.1 Å². The Bertz CT molecular complexity index is 1140. The molecule has 0 spiro atoms. The number of aromatic nitrogens is 1. The van der Waals surface area contributed by atoms with Crippen molar-refractivity contribution in [2.24, 2.45) is 0 Å². The summed E-state index contributed by atoms with van der Waals surface area (Å²) in [4.78, 5) is 30.6. The van der Waals surface area contributed by atoms with Crippen molar-refractivity contribution in [1.29, 1.82) is 0 Å². The molecule has 3 heterocycles. The number of benzene rings is 1. The van der Waals surface area contributed by atoms with Crippen LogP contribution < -0.4 is 10.2 Å². The zero-order valence-corrected chi connectivity index (χ0v) is 19.8. The normalized spacial score (nSPS) is 17.9. The molecular formula is C27H32N4O3. The maximum Gasteiger partial charge on any atom is 0.318 e. The van der Waals surface area contributed by atoms with Gasteiger partial charge in [0.1, 0.15) is 18.3 Å². The van der Waals surface area contributed by atoms with Gasteiger partial charge < -0.3 is 19.2 Å². The summed E-state index contributed by atoms with van der Waals surface area (Å²) in [6, 6.07) is 15.1. The molecule has 1 aliphatic carbocycles. The van der Waals surface area contributed by atoms with E-state index >= 15 is 0 Å². The van der Waals surface area contributed by atoms with Gasteiger partial charge in [0.2, 0.25) is 5.91 Å². The molecule has 3 amide bonds. The Balaban J connectivity index is 1.46. The first-order valence-corrected chi connectivity index (χ1v) is 12.2. The number of carbonyl (C=O) groups excluding carboxylic acids is 2. The van der Waals surface area contributed by atoms with Crippen LogP contribution in [0.2, 0.25) is 0 Å². The van der Waals surface area contributed by atoms with E-state index in [0.29, 0.717) is 5.76 Å². The Morgan fingerprint density at radius 2 is 1.79 bits per heavy atom. The highest BCUT2D eigenvalue weighted by Crippen LogP contribution is 2.42. The summed E-state index contributed by atoms with van der Waals surface area (Å²) in [5, 5.41) is 3.17. The van der Waals surface area contributed by atoms with Gasteiger partial charge in [0.25, 0.3) is 0 Å². The number of furan rings is 1. The quantitative estimate of drug-likeness (QED) is 0.565. The molecule has 0 saturated heterocycles. The maximum absolute atomic E-state index is 14.0. The number of anilines is 1. The Morgan fingerprint density at radius 1 is 1.03 bits per heavy atom. The predicted octanol–water partition coefficient (Wildman–Crippen LogP) is 5.26. The number of fused-ring (bicyclic) bond motifs is 3. The Kier molecular flexibility index (Phi) is 6.18. The van der Waals surface area contributed by atoms with Crippen molar-refractivity contribution < 1.29 is 14.0 Å². The summed E-state index contributed by atoms with van der Waals surface area (Å²) in [5.41, 5.74) is 2.68. The number of para-hydroxylation sites is 2. The molecule has 0 bridgehead atoms. The smallest absolute Gasteiger partial charge is 0.318 e. The summed E-state index contributed by atoms with van der Waals surface area (Å²) in [6.07, 6.45) is 9.14. The van der Waals surface area contributed by atoms with Crippen LogP contribution in [0.25, 0.3) is 5.69 Å². The van der Waals surface area contributed by atoms with Gasteiger partial charge >= 0.3 is 6.03 Å². The van der Waals surface area contributed by atoms with Gasteiger partial charge in [-0.25, -0.2) is 4.79 Å². The fourth-order valence-electron chi connectivity index (χ4n) is 5.19. The first kappa shape index (κ1) is 22.3. The first-order valence-electron chi connectivity index (χ1n) is 12.2. The SMILES string of the molecule is CC(C)N(CC(=O)N1c2ccccc2-n2cccc2C1c1ccco1)C(=O)NC1CCCCC1. The van der Waals surface area contributed by atoms with Crippen LogP contribution in [-0.2, 0) is 4.79 Å². The lowest BCUT2D eigenvalue weighted by Gasteiger charge is -2.39. The van der Waals surface area contributed by atoms with Gasteiger partial charge in [-0.3, -0.25) is 9.69 Å². The lowest BCUT2D eigenvalue weighted by Crippen LogP contribution is -2.53. The number of amides is 3. The second-order valence-electron chi connectivity index (χ2n) is 9.48. The van der Waals surface area contributed by atoms with E-state index in [2.05, 4.69) is 9.88 Å². The number of rotatable bonds is 5. The van der Waals surface area contributed by atoms with Crippen LogP contribution in [0.15, 0.2) is 65.4 Å². The van der Waals surface area contributed by atoms with Crippen LogP contribution in [0.1, 0.15) is 63.4 Å². The monoisotopic (exact) mass is 460 g/mol. The average molecular weight is 461 g/mol. The second kappa shape index (κ2) is 9.41. The fraction of sp³-hybridized carbons (Fsp3) is 0.407. The molecule has 2 aliphatic rings. The largest absolute Gasteiger partial charge is 0.467 e. The van der Waals surface area contributed by atoms with E-state index in [-0.39, 0.29) is 30.6 Å². The molecule has 2 aromatic heterocycles. The predicted molar refractivity (Wildman–Crippen MR) is 131 cm³/mol. The van der Waals surface area contributed by atoms with Gasteiger partial charge in [0, 0.05) is 18.3 Å². The van der Waals surface area contributed by atoms with E-state index in [9.17, 15) is 9.59 Å². The van der Waals surface area contributed by atoms with E-state index in [4.69, 9.17) is 4.42 Å². The van der Waals surface area contributed by atoms with E-state index in [0.717, 1.165) is 42.8 Å². The summed E-state index contributed by atoms with van der Waals surface area (Å²) >= 11 is 0. The van der Waals surface area contributed by atoms with Gasteiger partial charge in [-0.2, -0.15) is 0 Å². The number of carbonyl (C=O) groups is 2. The summed E-state index contributed by atoms with van der Waals surface area (Å²) in [6.45, 7) is 3.89. The van der Waals surface area contributed by atoms with Crippen molar-refractivity contribution in [3.8, 4) is 5.69 Å². The van der Waals surface area contributed by atoms with E-state index in [1.165, 1.54) is 6.42 Å². The minimum atomic E-state index is -0.414. The molecule has 1 fully saturated rings. The van der Waals surface area contributed by atoms with Crippen molar-refractivity contribution in [3.05, 3.63) is 72.4 Å². The van der Waals surface area contributed by atoms with Crippen molar-refractivity contribution >= 4 is 17.6 Å². The molecule has 34 heavy (non-hydrogen) atoms. The molecule has 1 N–H and O–H groups in total. The molecule has 5 rings (SSSR count). The lowest BCUT2D eigenvalue weighted by molar-refractivity contribution is -0.120. The maximum atomic E-state index is 14.0. The Hall–Kier alpha value is -3.48. The highest BCUT2D eigenvalue weighted by atomic mass is 16.3. The molecule has 1 aliphatic heterocycles. The van der Waals surface area contributed by atoms with E-state index < -0.39 is 6.04 Å². The third-order valence-electron chi connectivity index (χ3n) is 6.92. The minimum absolute atomic E-state index is 0.0114. The van der Waals surface area contributed by atoms with Crippen LogP contribution in [0.5, 0.6) is 0 Å². The molecule has 7 heteroatoms. The second-order valence-corrected chi connectivity index (χ2v) is 9.48. The molecule has 1 unspecified atom stereocenters. The molecule has 0 radical (unpaired) electrons. The zero-order valence-electron chi connectivity index (χ0n) is 19.8. The number of hydrogen-bond donors (Lipinski definition) is 1. The van der Waals surface area contributed by atoms with Crippen molar-refractivity contribution in [3.63, 3.8) is 0 Å². The van der Waals surface area contributed by atoms with Crippen LogP contribution in [-0.4, -0.2) is 40.0 Å². The minimum Gasteiger partial charge on any atom is -0.467 e. The molecule has 3 aromatic rings. The lowest BCUT2D eigenvalue weighted by atomic mass is 9.96. The fourth-order valence-corrected chi connectivity index (χ4v) is 5.19. The van der Waals surface area contributed by atoms with Gasteiger partial charge in [0.15, 0.2) is 0 Å². The summed E-state index contributed by atoms with van der Waals surface area (Å²) in [5.74, 6) is 0.541. The molecule has 178 valence electrons. The number of nitrogens with one attached hydrogen (secondary N) is 1. The van der Waals surface area contributed by atoms with Gasteiger partial charge in [-0.1, -0.05) is 31.4 Å². The van der Waals surface area contributed by atoms with Crippen molar-refractivity contribution in [1.82, 2.24) is 14.8 Å². The first-order chi connectivity index (χ1) is 16.5. The Morgan fingerprint density at radius 3 is 2.50 bits per heavy atom. The topological polar surface area (TPSA) is 70.7 Å². The molecule has 1 saturated carbocycles. The number of hydrogen-bond acceptors (Lipinski definition) is 3. The average Bonchev–Trinajstić information content (AvgIpc) is 3.54. The molecule has 1 aromatic carbocycles. The zero-order chi connectivity index (χ0) is 23.7. The Labute approximate surface area is 200 Å². The summed E-state index contributed by atoms with van der Waals surface area (Å²) in [7, 11) is 0. The van der Waals surface area contributed by atoms with Gasteiger partial charge in [-0.15, -0.1) is 0 Å². The van der Waals surface area contributed by atoms with E-state index in [1.54, 1.807) is 16.1 Å². The number of nitrogens with zero attached hydrogens (tertiary/aromatic N) is 3. The van der Waals surface area contributed by atoms with Crippen LogP contribution in [0, 0.1) is 0 Å². The van der Waals surface area contributed by atoms with Crippen LogP contribution in [0.4, 0.5) is 10.5 Å². The third-order valence-corrected chi connectivity index (χ3v) is 6.92. The van der Waals surface area contributed by atoms with Crippen molar-refractivity contribution in [2.75, 3.05) is 11.4 Å². The molecule has 1 atom stereocenters. The molecular weight excluding hydrogens is 428 g/mol. The number of urea groups is 1. The van der Waals surface area contributed by atoms with Gasteiger partial charge in [0.05, 0.1) is 23.3 Å². The highest BCUT2D eigenvalue weighted by molar-refractivity contribution is 6.00. The standard InChI is InChI=1S/C27H32N4O3/c1-19(2)30(27(33)28-20-10-4-3-5-11-20)18-25(32)31-22-13-7-6-12-21(22)29-16-8-14-23(29)26(31)24-15-9-17-34-24/h6-9,12-17,19-20,26H,3-5,10-11,18H2,1-2H3,(H,28,33). The molecule has 7 nitrogen and oxygen atoms in total. The van der Waals surface area contributed by atoms with Crippen LogP contribution in [0.3, 0.4) is 0 Å². The van der Waals surface area contributed by atoms with Crippen LogP contribution >= 0.6 is 0 Å². The van der Waals surface area contributed by atoms with Gasteiger partial charge in [-0.05, 0) is 63.1 Å².